The predicted octanol–water partition coefficient (Wildman–Crippen LogP) is 3.44. The number of nitrogens with zero attached hydrogens (tertiary/aromatic N) is 1. The molecule has 2 aromatic rings. The number of carbonyl (C=O) groups excluding carboxylic acids is 2. The molecule has 3 N–H and O–H groups in total. The SMILES string of the molecule is N#CCNC(=O)C(Cc1cc(Cl)c(O)c(Cl)c1)NC(=O)c1ccc(Br)cc1. The molecule has 0 spiro atoms. The topological polar surface area (TPSA) is 102 Å². The molecule has 0 saturated carbocycles. The molecule has 0 aromatic heterocycles. The van der Waals surface area contributed by atoms with E-state index in [0.717, 1.165) is 4.47 Å². The second-order valence-corrected chi connectivity index (χ2v) is 7.25. The summed E-state index contributed by atoms with van der Waals surface area (Å²) in [4.78, 5) is 24.8. The van der Waals surface area contributed by atoms with Crippen LogP contribution in [0.25, 0.3) is 0 Å². The normalized spacial score (nSPS) is 11.3. The number of nitriles is 1. The summed E-state index contributed by atoms with van der Waals surface area (Å²) in [6.45, 7) is -0.194. The van der Waals surface area contributed by atoms with E-state index in [2.05, 4.69) is 26.6 Å². The Hall–Kier alpha value is -2.27. The van der Waals surface area contributed by atoms with Gasteiger partial charge in [0.15, 0.2) is 5.75 Å². The molecule has 6 nitrogen and oxygen atoms in total. The van der Waals surface area contributed by atoms with E-state index in [1.54, 1.807) is 24.3 Å². The third kappa shape index (κ3) is 5.86. The molecule has 0 fully saturated rings. The van der Waals surface area contributed by atoms with Gasteiger partial charge in [-0.1, -0.05) is 39.1 Å². The van der Waals surface area contributed by atoms with Crippen LogP contribution in [0.4, 0.5) is 0 Å². The van der Waals surface area contributed by atoms with Crippen molar-refractivity contribution >= 4 is 50.9 Å². The van der Waals surface area contributed by atoms with Crippen molar-refractivity contribution < 1.29 is 14.7 Å². The van der Waals surface area contributed by atoms with Gasteiger partial charge < -0.3 is 15.7 Å². The Morgan fingerprint density at radius 3 is 2.33 bits per heavy atom. The molecule has 1 atom stereocenters. The van der Waals surface area contributed by atoms with Crippen LogP contribution >= 0.6 is 39.1 Å². The number of phenols is 1. The van der Waals surface area contributed by atoms with E-state index in [0.29, 0.717) is 11.1 Å². The van der Waals surface area contributed by atoms with Gasteiger partial charge in [0.25, 0.3) is 5.91 Å². The smallest absolute Gasteiger partial charge is 0.251 e. The molecule has 2 rings (SSSR count). The Morgan fingerprint density at radius 2 is 1.78 bits per heavy atom. The van der Waals surface area contributed by atoms with Crippen molar-refractivity contribution in [3.8, 4) is 11.8 Å². The molecule has 1 unspecified atom stereocenters. The number of aromatic hydroxyl groups is 1. The third-order valence-corrected chi connectivity index (χ3v) is 4.69. The fraction of sp³-hybridized carbons (Fsp3) is 0.167. The van der Waals surface area contributed by atoms with Crippen LogP contribution in [-0.4, -0.2) is 29.5 Å². The summed E-state index contributed by atoms with van der Waals surface area (Å²) in [6, 6.07) is 10.4. The largest absolute Gasteiger partial charge is 0.505 e. The number of hydrogen-bond acceptors (Lipinski definition) is 4. The summed E-state index contributed by atoms with van der Waals surface area (Å²) in [5.74, 6) is -1.23. The van der Waals surface area contributed by atoms with Crippen LogP contribution in [0, 0.1) is 11.3 Å². The molecule has 0 bridgehead atoms. The van der Waals surface area contributed by atoms with Gasteiger partial charge in [0, 0.05) is 16.5 Å². The second kappa shape index (κ2) is 9.60. The molecule has 2 amide bonds. The van der Waals surface area contributed by atoms with Gasteiger partial charge in [-0.2, -0.15) is 5.26 Å². The van der Waals surface area contributed by atoms with Crippen molar-refractivity contribution in [3.05, 3.63) is 62.0 Å². The monoisotopic (exact) mass is 469 g/mol. The summed E-state index contributed by atoms with van der Waals surface area (Å²) in [7, 11) is 0. The number of halogens is 3. The minimum atomic E-state index is -0.967. The van der Waals surface area contributed by atoms with Crippen LogP contribution in [0.3, 0.4) is 0 Å². The maximum Gasteiger partial charge on any atom is 0.251 e. The highest BCUT2D eigenvalue weighted by Gasteiger charge is 2.22. The molecule has 0 saturated heterocycles. The molecule has 0 aliphatic carbocycles. The van der Waals surface area contributed by atoms with E-state index in [-0.39, 0.29) is 28.8 Å². The maximum absolute atomic E-state index is 12.5. The first-order valence-electron chi connectivity index (χ1n) is 7.69. The van der Waals surface area contributed by atoms with Crippen LogP contribution in [0.1, 0.15) is 15.9 Å². The predicted molar refractivity (Wildman–Crippen MR) is 106 cm³/mol. The van der Waals surface area contributed by atoms with Crippen molar-refractivity contribution in [2.24, 2.45) is 0 Å². The molecule has 0 heterocycles. The van der Waals surface area contributed by atoms with Crippen molar-refractivity contribution in [2.45, 2.75) is 12.5 Å². The average molecular weight is 471 g/mol. The first-order valence-corrected chi connectivity index (χ1v) is 9.24. The summed E-state index contributed by atoms with van der Waals surface area (Å²) in [5, 5.41) is 23.4. The Morgan fingerprint density at radius 1 is 1.19 bits per heavy atom. The van der Waals surface area contributed by atoms with Crippen LogP contribution in [-0.2, 0) is 11.2 Å². The number of amides is 2. The van der Waals surface area contributed by atoms with Gasteiger partial charge in [-0.3, -0.25) is 9.59 Å². The Balaban J connectivity index is 2.23. The van der Waals surface area contributed by atoms with Gasteiger partial charge in [0.1, 0.15) is 12.6 Å². The van der Waals surface area contributed by atoms with Crippen LogP contribution in [0.2, 0.25) is 10.0 Å². The standard InChI is InChI=1S/C18H14BrCl2N3O3/c19-12-3-1-11(2-4-12)17(26)24-15(18(27)23-6-5-22)9-10-7-13(20)16(25)14(21)8-10/h1-4,7-8,15,25H,6,9H2,(H,23,27)(H,24,26). The van der Waals surface area contributed by atoms with Crippen LogP contribution in [0.15, 0.2) is 40.9 Å². The second-order valence-electron chi connectivity index (χ2n) is 5.52. The summed E-state index contributed by atoms with van der Waals surface area (Å²) >= 11 is 15.1. The number of hydrogen-bond donors (Lipinski definition) is 3. The van der Waals surface area contributed by atoms with Gasteiger partial charge in [-0.05, 0) is 42.0 Å². The van der Waals surface area contributed by atoms with Crippen LogP contribution < -0.4 is 10.6 Å². The molecule has 0 radical (unpaired) electrons. The quantitative estimate of drug-likeness (QED) is 0.562. The van der Waals surface area contributed by atoms with Gasteiger partial charge >= 0.3 is 0 Å². The van der Waals surface area contributed by atoms with E-state index in [1.165, 1.54) is 12.1 Å². The van der Waals surface area contributed by atoms with Crippen LogP contribution in [0.5, 0.6) is 5.75 Å². The van der Waals surface area contributed by atoms with Gasteiger partial charge in [-0.25, -0.2) is 0 Å². The number of phenolic OH excluding ortho intramolecular Hbond substituents is 1. The average Bonchev–Trinajstić information content (AvgIpc) is 2.64. The molecule has 0 aliphatic rings. The molecule has 27 heavy (non-hydrogen) atoms. The van der Waals surface area contributed by atoms with E-state index in [9.17, 15) is 14.7 Å². The highest BCUT2D eigenvalue weighted by atomic mass is 79.9. The first kappa shape index (κ1) is 21.0. The van der Waals surface area contributed by atoms with Crippen molar-refractivity contribution in [3.63, 3.8) is 0 Å². The lowest BCUT2D eigenvalue weighted by Gasteiger charge is -2.18. The zero-order chi connectivity index (χ0) is 20.0. The Kier molecular flexibility index (Phi) is 7.48. The lowest BCUT2D eigenvalue weighted by molar-refractivity contribution is -0.122. The number of benzene rings is 2. The van der Waals surface area contributed by atoms with Crippen molar-refractivity contribution in [2.75, 3.05) is 6.54 Å². The molecule has 2 aromatic carbocycles. The summed E-state index contributed by atoms with van der Waals surface area (Å²) in [5.41, 5.74) is 0.911. The van der Waals surface area contributed by atoms with E-state index < -0.39 is 17.9 Å². The summed E-state index contributed by atoms with van der Waals surface area (Å²) < 4.78 is 0.816. The zero-order valence-electron chi connectivity index (χ0n) is 13.8. The number of rotatable bonds is 6. The minimum Gasteiger partial charge on any atom is -0.505 e. The number of nitrogens with one attached hydrogen (secondary N) is 2. The lowest BCUT2D eigenvalue weighted by atomic mass is 10.0. The minimum absolute atomic E-state index is 0.0351. The summed E-state index contributed by atoms with van der Waals surface area (Å²) in [6.07, 6.45) is 0.0687. The zero-order valence-corrected chi connectivity index (χ0v) is 16.9. The van der Waals surface area contributed by atoms with Crippen molar-refractivity contribution in [1.29, 1.82) is 5.26 Å². The lowest BCUT2D eigenvalue weighted by Crippen LogP contribution is -2.48. The Labute approximate surface area is 174 Å². The molecule has 140 valence electrons. The fourth-order valence-electron chi connectivity index (χ4n) is 2.27. The number of carbonyl (C=O) groups is 2. The van der Waals surface area contributed by atoms with Gasteiger partial charge in [-0.15, -0.1) is 0 Å². The molecular formula is C18H14BrCl2N3O3. The molecular weight excluding hydrogens is 457 g/mol. The Bertz CT molecular complexity index is 875. The van der Waals surface area contributed by atoms with Gasteiger partial charge in [0.2, 0.25) is 5.91 Å². The maximum atomic E-state index is 12.5. The van der Waals surface area contributed by atoms with Crippen molar-refractivity contribution in [1.82, 2.24) is 10.6 Å². The third-order valence-electron chi connectivity index (χ3n) is 3.59. The molecule has 9 heteroatoms. The van der Waals surface area contributed by atoms with Gasteiger partial charge in [0.05, 0.1) is 16.1 Å². The highest BCUT2D eigenvalue weighted by molar-refractivity contribution is 9.10. The van der Waals surface area contributed by atoms with E-state index in [4.69, 9.17) is 28.5 Å². The first-order chi connectivity index (χ1) is 12.8. The van der Waals surface area contributed by atoms with E-state index in [1.807, 2.05) is 6.07 Å². The highest BCUT2D eigenvalue weighted by Crippen LogP contribution is 2.33. The fourth-order valence-corrected chi connectivity index (χ4v) is 3.07. The molecule has 0 aliphatic heterocycles. The van der Waals surface area contributed by atoms with E-state index >= 15 is 0 Å².